The van der Waals surface area contributed by atoms with Gasteiger partial charge in [0.05, 0.1) is 12.7 Å². The molecule has 18 heavy (non-hydrogen) atoms. The Kier molecular flexibility index (Phi) is 2.81. The minimum absolute atomic E-state index is 0.107. The van der Waals surface area contributed by atoms with Crippen molar-refractivity contribution in [3.05, 3.63) is 40.9 Å². The van der Waals surface area contributed by atoms with Crippen LogP contribution in [0.1, 0.15) is 5.89 Å². The third-order valence-electron chi connectivity index (χ3n) is 2.33. The van der Waals surface area contributed by atoms with Crippen molar-refractivity contribution in [3.8, 4) is 0 Å². The summed E-state index contributed by atoms with van der Waals surface area (Å²) in [5.41, 5.74) is 0.732. The van der Waals surface area contributed by atoms with E-state index in [-0.39, 0.29) is 5.28 Å². The molecule has 0 spiro atoms. The van der Waals surface area contributed by atoms with Gasteiger partial charge in [0.2, 0.25) is 11.2 Å². The summed E-state index contributed by atoms with van der Waals surface area (Å²) in [6, 6.07) is 3.52. The summed E-state index contributed by atoms with van der Waals surface area (Å²) in [5, 5.41) is 7.65. The number of halogens is 2. The molecule has 0 saturated carbocycles. The van der Waals surface area contributed by atoms with Crippen LogP contribution in [-0.4, -0.2) is 19.6 Å². The Morgan fingerprint density at radius 3 is 3.00 bits per heavy atom. The number of rotatable bonds is 3. The van der Waals surface area contributed by atoms with Crippen molar-refractivity contribution in [3.63, 3.8) is 0 Å². The molecule has 0 amide bonds. The SMILES string of the molecule is Clc1nc(NCc2ncco2)c2ccc(Cl)n2n1. The van der Waals surface area contributed by atoms with E-state index in [2.05, 4.69) is 20.4 Å². The highest BCUT2D eigenvalue weighted by atomic mass is 35.5. The maximum atomic E-state index is 5.97. The minimum Gasteiger partial charge on any atom is -0.447 e. The van der Waals surface area contributed by atoms with Gasteiger partial charge in [-0.25, -0.2) is 9.50 Å². The third-order valence-corrected chi connectivity index (χ3v) is 2.78. The average Bonchev–Trinajstić information content (AvgIpc) is 2.97. The molecule has 3 heterocycles. The predicted octanol–water partition coefficient (Wildman–Crippen LogP) is 2.64. The molecule has 0 atom stereocenters. The highest BCUT2D eigenvalue weighted by molar-refractivity contribution is 6.30. The van der Waals surface area contributed by atoms with Crippen molar-refractivity contribution in [2.24, 2.45) is 0 Å². The maximum Gasteiger partial charge on any atom is 0.243 e. The van der Waals surface area contributed by atoms with Gasteiger partial charge in [0.1, 0.15) is 16.9 Å². The quantitative estimate of drug-likeness (QED) is 0.800. The van der Waals surface area contributed by atoms with E-state index in [0.717, 1.165) is 5.52 Å². The summed E-state index contributed by atoms with van der Waals surface area (Å²) in [4.78, 5) is 8.11. The van der Waals surface area contributed by atoms with E-state index in [1.165, 1.54) is 10.8 Å². The van der Waals surface area contributed by atoms with Gasteiger partial charge in [-0.1, -0.05) is 11.6 Å². The Labute approximate surface area is 112 Å². The Hall–Kier alpha value is -1.79. The van der Waals surface area contributed by atoms with Gasteiger partial charge in [-0.3, -0.25) is 0 Å². The lowest BCUT2D eigenvalue weighted by atomic mass is 10.5. The van der Waals surface area contributed by atoms with Crippen molar-refractivity contribution in [1.82, 2.24) is 19.6 Å². The molecule has 8 heteroatoms. The summed E-state index contributed by atoms with van der Waals surface area (Å²) in [6.45, 7) is 0.402. The molecule has 0 aromatic carbocycles. The van der Waals surface area contributed by atoms with Crippen LogP contribution in [-0.2, 0) is 6.54 Å². The van der Waals surface area contributed by atoms with E-state index in [0.29, 0.717) is 23.4 Å². The van der Waals surface area contributed by atoms with E-state index >= 15 is 0 Å². The fourth-order valence-corrected chi connectivity index (χ4v) is 1.92. The first-order chi connectivity index (χ1) is 8.74. The lowest BCUT2D eigenvalue weighted by molar-refractivity contribution is 0.503. The fraction of sp³-hybridized carbons (Fsp3) is 0.100. The van der Waals surface area contributed by atoms with Crippen LogP contribution in [0.4, 0.5) is 5.82 Å². The van der Waals surface area contributed by atoms with Crippen molar-refractivity contribution >= 4 is 34.5 Å². The highest BCUT2D eigenvalue weighted by Crippen LogP contribution is 2.21. The number of anilines is 1. The van der Waals surface area contributed by atoms with Crippen molar-refractivity contribution < 1.29 is 4.42 Å². The largest absolute Gasteiger partial charge is 0.447 e. The van der Waals surface area contributed by atoms with Crippen LogP contribution in [0.5, 0.6) is 0 Å². The molecule has 0 aliphatic heterocycles. The second kappa shape index (κ2) is 4.47. The molecule has 0 saturated heterocycles. The van der Waals surface area contributed by atoms with Gasteiger partial charge in [-0.2, -0.15) is 4.98 Å². The minimum atomic E-state index is 0.107. The molecule has 92 valence electrons. The molecule has 0 aliphatic rings. The fourth-order valence-electron chi connectivity index (χ4n) is 1.57. The number of oxazole rings is 1. The van der Waals surface area contributed by atoms with Crippen LogP contribution in [0.2, 0.25) is 10.4 Å². The van der Waals surface area contributed by atoms with E-state index in [1.54, 1.807) is 18.3 Å². The van der Waals surface area contributed by atoms with Crippen molar-refractivity contribution in [2.45, 2.75) is 6.54 Å². The van der Waals surface area contributed by atoms with E-state index in [9.17, 15) is 0 Å². The van der Waals surface area contributed by atoms with E-state index in [1.807, 2.05) is 0 Å². The van der Waals surface area contributed by atoms with Gasteiger partial charge in [0.15, 0.2) is 5.82 Å². The number of nitrogens with one attached hydrogen (secondary N) is 1. The highest BCUT2D eigenvalue weighted by Gasteiger charge is 2.10. The number of aromatic nitrogens is 4. The van der Waals surface area contributed by atoms with Crippen LogP contribution in [0.15, 0.2) is 29.0 Å². The van der Waals surface area contributed by atoms with E-state index in [4.69, 9.17) is 27.6 Å². The van der Waals surface area contributed by atoms with Crippen LogP contribution in [0.25, 0.3) is 5.52 Å². The molecule has 3 rings (SSSR count). The van der Waals surface area contributed by atoms with Crippen LogP contribution in [0.3, 0.4) is 0 Å². The molecule has 0 fully saturated rings. The Balaban J connectivity index is 1.95. The number of fused-ring (bicyclic) bond motifs is 1. The zero-order valence-electron chi connectivity index (χ0n) is 8.97. The monoisotopic (exact) mass is 283 g/mol. The maximum absolute atomic E-state index is 5.97. The summed E-state index contributed by atoms with van der Waals surface area (Å²) >= 11 is 11.8. The Bertz CT molecular complexity index is 679. The predicted molar refractivity (Wildman–Crippen MR) is 66.8 cm³/mol. The van der Waals surface area contributed by atoms with E-state index < -0.39 is 0 Å². The van der Waals surface area contributed by atoms with Crippen LogP contribution >= 0.6 is 23.2 Å². The zero-order valence-corrected chi connectivity index (χ0v) is 10.5. The normalized spacial score (nSPS) is 11.0. The molecule has 0 radical (unpaired) electrons. The molecule has 1 N–H and O–H groups in total. The van der Waals surface area contributed by atoms with Gasteiger partial charge >= 0.3 is 0 Å². The van der Waals surface area contributed by atoms with Gasteiger partial charge in [0, 0.05) is 0 Å². The summed E-state index contributed by atoms with van der Waals surface area (Å²) in [7, 11) is 0. The summed E-state index contributed by atoms with van der Waals surface area (Å²) in [5.74, 6) is 1.13. The third kappa shape index (κ3) is 2.00. The molecule has 6 nitrogen and oxygen atoms in total. The van der Waals surface area contributed by atoms with Crippen molar-refractivity contribution in [2.75, 3.05) is 5.32 Å². The lowest BCUT2D eigenvalue weighted by Gasteiger charge is -2.05. The lowest BCUT2D eigenvalue weighted by Crippen LogP contribution is -2.05. The molecule has 0 unspecified atom stereocenters. The molecule has 0 aliphatic carbocycles. The zero-order chi connectivity index (χ0) is 12.5. The summed E-state index contributed by atoms with van der Waals surface area (Å²) < 4.78 is 6.63. The molecule has 3 aromatic heterocycles. The molecule has 0 bridgehead atoms. The first-order valence-electron chi connectivity index (χ1n) is 5.07. The standard InChI is InChI=1S/C10H7Cl2N5O/c11-7-2-1-6-9(15-10(12)16-17(6)7)14-5-8-13-3-4-18-8/h1-4H,5H2,(H,14,15,16). The Morgan fingerprint density at radius 1 is 1.33 bits per heavy atom. The first kappa shape index (κ1) is 11.3. The van der Waals surface area contributed by atoms with Crippen molar-refractivity contribution in [1.29, 1.82) is 0 Å². The number of hydrogen-bond acceptors (Lipinski definition) is 5. The number of hydrogen-bond donors (Lipinski definition) is 1. The van der Waals surface area contributed by atoms with Gasteiger partial charge in [-0.15, -0.1) is 5.10 Å². The van der Waals surface area contributed by atoms with Gasteiger partial charge < -0.3 is 9.73 Å². The van der Waals surface area contributed by atoms with Crippen LogP contribution < -0.4 is 5.32 Å². The smallest absolute Gasteiger partial charge is 0.243 e. The molecular formula is C10H7Cl2N5O. The van der Waals surface area contributed by atoms with Gasteiger partial charge in [-0.05, 0) is 23.7 Å². The topological polar surface area (TPSA) is 68.2 Å². The summed E-state index contributed by atoms with van der Waals surface area (Å²) in [6.07, 6.45) is 3.08. The first-order valence-corrected chi connectivity index (χ1v) is 5.82. The second-order valence-corrected chi connectivity index (χ2v) is 4.19. The Morgan fingerprint density at radius 2 is 2.22 bits per heavy atom. The van der Waals surface area contributed by atoms with Gasteiger partial charge in [0.25, 0.3) is 0 Å². The number of nitrogens with zero attached hydrogens (tertiary/aromatic N) is 4. The molecule has 3 aromatic rings. The average molecular weight is 284 g/mol. The molecular weight excluding hydrogens is 277 g/mol. The second-order valence-electron chi connectivity index (χ2n) is 3.46. The van der Waals surface area contributed by atoms with Crippen LogP contribution in [0, 0.1) is 0 Å².